The Morgan fingerprint density at radius 3 is 2.88 bits per heavy atom. The first-order chi connectivity index (χ1) is 12.5. The largest absolute Gasteiger partial charge is 0.497 e. The van der Waals surface area contributed by atoms with Crippen LogP contribution in [0.15, 0.2) is 30.0 Å². The smallest absolute Gasteiger partial charge is 0.189 e. The van der Waals surface area contributed by atoms with E-state index in [-0.39, 0.29) is 30.2 Å². The molecule has 1 saturated carbocycles. The topological polar surface area (TPSA) is 44.8 Å². The Morgan fingerprint density at radius 2 is 2.19 bits per heavy atom. The summed E-state index contributed by atoms with van der Waals surface area (Å²) in [6.07, 6.45) is 6.14. The van der Waals surface area contributed by atoms with Crippen LogP contribution in [0.1, 0.15) is 38.2 Å². The molecule has 4 nitrogen and oxygen atoms in total. The Bertz CT molecular complexity index is 740. The minimum absolute atomic E-state index is 0.00560. The van der Waals surface area contributed by atoms with Crippen molar-refractivity contribution in [1.82, 2.24) is 0 Å². The van der Waals surface area contributed by atoms with Gasteiger partial charge >= 0.3 is 0 Å². The highest BCUT2D eigenvalue weighted by Crippen LogP contribution is 2.48. The molecule has 1 aromatic rings. The van der Waals surface area contributed by atoms with Gasteiger partial charge in [-0.15, -0.1) is 0 Å². The molecule has 0 spiro atoms. The summed E-state index contributed by atoms with van der Waals surface area (Å²) in [5.74, 6) is 1.65. The van der Waals surface area contributed by atoms with Gasteiger partial charge in [-0.2, -0.15) is 0 Å². The number of hydrogen-bond acceptors (Lipinski definition) is 4. The second kappa shape index (κ2) is 6.69. The average Bonchev–Trinajstić information content (AvgIpc) is 3.34. The minimum atomic E-state index is -0.625. The summed E-state index contributed by atoms with van der Waals surface area (Å²) in [4.78, 5) is 12.5. The van der Waals surface area contributed by atoms with Crippen molar-refractivity contribution >= 4 is 5.78 Å². The SMILES string of the molecule is COc1ccc(C[C@H](C)[C@]23CC(CC4CC4)C(=O)C=C2OCO3)c(F)c1. The molecular formula is C21H25FO4. The molecule has 0 amide bonds. The van der Waals surface area contributed by atoms with Crippen LogP contribution in [0.25, 0.3) is 0 Å². The molecule has 2 aliphatic carbocycles. The van der Waals surface area contributed by atoms with Crippen LogP contribution in [0.2, 0.25) is 0 Å². The van der Waals surface area contributed by atoms with E-state index >= 15 is 0 Å². The summed E-state index contributed by atoms with van der Waals surface area (Å²) in [6.45, 7) is 2.21. The number of carbonyl (C=O) groups is 1. The Morgan fingerprint density at radius 1 is 1.38 bits per heavy atom. The van der Waals surface area contributed by atoms with E-state index in [1.807, 2.05) is 0 Å². The van der Waals surface area contributed by atoms with Gasteiger partial charge in [-0.05, 0) is 42.7 Å². The van der Waals surface area contributed by atoms with Crippen LogP contribution >= 0.6 is 0 Å². The molecule has 5 heteroatoms. The number of ketones is 1. The predicted octanol–water partition coefficient (Wildman–Crippen LogP) is 4.03. The van der Waals surface area contributed by atoms with E-state index in [1.165, 1.54) is 26.0 Å². The fourth-order valence-corrected chi connectivity index (χ4v) is 4.29. The van der Waals surface area contributed by atoms with Gasteiger partial charge in [-0.25, -0.2) is 4.39 Å². The van der Waals surface area contributed by atoms with E-state index in [9.17, 15) is 9.18 Å². The lowest BCUT2D eigenvalue weighted by molar-refractivity contribution is -0.124. The fourth-order valence-electron chi connectivity index (χ4n) is 4.29. The molecule has 0 aromatic heterocycles. The molecule has 1 aromatic carbocycles. The minimum Gasteiger partial charge on any atom is -0.497 e. The highest BCUT2D eigenvalue weighted by atomic mass is 19.1. The summed E-state index contributed by atoms with van der Waals surface area (Å²) in [7, 11) is 1.52. The van der Waals surface area contributed by atoms with Gasteiger partial charge in [0.15, 0.2) is 12.6 Å². The summed E-state index contributed by atoms with van der Waals surface area (Å²) in [5, 5.41) is 0. The zero-order valence-corrected chi connectivity index (χ0v) is 15.3. The van der Waals surface area contributed by atoms with Gasteiger partial charge in [-0.3, -0.25) is 4.79 Å². The Hall–Kier alpha value is -1.88. The van der Waals surface area contributed by atoms with Gasteiger partial charge in [0.25, 0.3) is 0 Å². The average molecular weight is 360 g/mol. The van der Waals surface area contributed by atoms with E-state index in [4.69, 9.17) is 14.2 Å². The maximum absolute atomic E-state index is 14.4. The number of ether oxygens (including phenoxy) is 3. The van der Waals surface area contributed by atoms with Gasteiger partial charge < -0.3 is 14.2 Å². The summed E-state index contributed by atoms with van der Waals surface area (Å²) < 4.78 is 31.2. The highest BCUT2D eigenvalue weighted by Gasteiger charge is 2.52. The summed E-state index contributed by atoms with van der Waals surface area (Å²) >= 11 is 0. The van der Waals surface area contributed by atoms with Crippen molar-refractivity contribution in [3.8, 4) is 5.75 Å². The maximum Gasteiger partial charge on any atom is 0.189 e. The van der Waals surface area contributed by atoms with Crippen molar-refractivity contribution in [2.45, 2.75) is 44.6 Å². The lowest BCUT2D eigenvalue weighted by atomic mass is 9.71. The number of rotatable bonds is 6. The standard InChI is InChI=1S/C21H25FO4/c1-13(7-15-5-6-17(24-2)9-18(15)22)21-11-16(8-14-3-4-14)19(23)10-20(21)25-12-26-21/h5-6,9-10,13-14,16H,3-4,7-8,11-12H2,1-2H3/t13-,16?,21+/m0/s1. The summed E-state index contributed by atoms with van der Waals surface area (Å²) in [6, 6.07) is 4.94. The van der Waals surface area contributed by atoms with Crippen molar-refractivity contribution in [2.75, 3.05) is 13.9 Å². The number of fused-ring (bicyclic) bond motifs is 1. The third-order valence-corrected chi connectivity index (χ3v) is 6.07. The number of allylic oxidation sites excluding steroid dienone is 1. The van der Waals surface area contributed by atoms with Gasteiger partial charge in [0.1, 0.15) is 22.9 Å². The van der Waals surface area contributed by atoms with Crippen LogP contribution in [0.4, 0.5) is 4.39 Å². The zero-order valence-electron chi connectivity index (χ0n) is 15.3. The molecule has 3 atom stereocenters. The predicted molar refractivity (Wildman–Crippen MR) is 94.1 cm³/mol. The Labute approximate surface area is 153 Å². The van der Waals surface area contributed by atoms with Gasteiger partial charge in [0.2, 0.25) is 0 Å². The zero-order chi connectivity index (χ0) is 18.3. The van der Waals surface area contributed by atoms with Crippen molar-refractivity contribution < 1.29 is 23.4 Å². The van der Waals surface area contributed by atoms with Crippen LogP contribution in [0, 0.1) is 23.6 Å². The Kier molecular flexibility index (Phi) is 4.51. The first-order valence-electron chi connectivity index (χ1n) is 9.37. The first-order valence-corrected chi connectivity index (χ1v) is 9.37. The number of benzene rings is 1. The second-order valence-corrected chi connectivity index (χ2v) is 7.85. The van der Waals surface area contributed by atoms with E-state index in [0.717, 1.165) is 6.42 Å². The normalized spacial score (nSPS) is 29.0. The monoisotopic (exact) mass is 360 g/mol. The number of carbonyl (C=O) groups excluding carboxylic acids is 1. The Balaban J connectivity index is 1.57. The van der Waals surface area contributed by atoms with Gasteiger partial charge in [-0.1, -0.05) is 25.8 Å². The van der Waals surface area contributed by atoms with Crippen LogP contribution in [0.3, 0.4) is 0 Å². The molecule has 140 valence electrons. The lowest BCUT2D eigenvalue weighted by Gasteiger charge is -2.38. The molecule has 26 heavy (non-hydrogen) atoms. The van der Waals surface area contributed by atoms with Crippen molar-refractivity contribution in [1.29, 1.82) is 0 Å². The molecule has 0 radical (unpaired) electrons. The molecule has 2 fully saturated rings. The van der Waals surface area contributed by atoms with Crippen LogP contribution in [-0.2, 0) is 20.7 Å². The lowest BCUT2D eigenvalue weighted by Crippen LogP contribution is -2.45. The molecular weight excluding hydrogens is 335 g/mol. The van der Waals surface area contributed by atoms with Crippen LogP contribution in [0.5, 0.6) is 5.75 Å². The number of methoxy groups -OCH3 is 1. The van der Waals surface area contributed by atoms with Crippen molar-refractivity contribution in [3.63, 3.8) is 0 Å². The number of halogens is 1. The molecule has 0 bridgehead atoms. The van der Waals surface area contributed by atoms with E-state index in [0.29, 0.717) is 35.8 Å². The van der Waals surface area contributed by atoms with Gasteiger partial charge in [0.05, 0.1) is 7.11 Å². The molecule has 1 unspecified atom stereocenters. The number of hydrogen-bond donors (Lipinski definition) is 0. The van der Waals surface area contributed by atoms with Crippen LogP contribution < -0.4 is 4.74 Å². The highest BCUT2D eigenvalue weighted by molar-refractivity contribution is 5.93. The van der Waals surface area contributed by atoms with E-state index in [2.05, 4.69) is 6.92 Å². The van der Waals surface area contributed by atoms with Gasteiger partial charge in [0, 0.05) is 18.1 Å². The fraction of sp³-hybridized carbons (Fsp3) is 0.571. The maximum atomic E-state index is 14.4. The molecule has 4 rings (SSSR count). The van der Waals surface area contributed by atoms with E-state index in [1.54, 1.807) is 18.2 Å². The molecule has 1 heterocycles. The van der Waals surface area contributed by atoms with Crippen molar-refractivity contribution in [3.05, 3.63) is 41.4 Å². The third kappa shape index (κ3) is 3.13. The molecule has 0 N–H and O–H groups in total. The second-order valence-electron chi connectivity index (χ2n) is 7.85. The van der Waals surface area contributed by atoms with Crippen molar-refractivity contribution in [2.24, 2.45) is 17.8 Å². The quantitative estimate of drug-likeness (QED) is 0.768. The van der Waals surface area contributed by atoms with E-state index < -0.39 is 5.60 Å². The molecule has 1 saturated heterocycles. The first kappa shape index (κ1) is 17.5. The molecule has 1 aliphatic heterocycles. The third-order valence-electron chi connectivity index (χ3n) is 6.07. The summed E-state index contributed by atoms with van der Waals surface area (Å²) in [5.41, 5.74) is -0.00186. The van der Waals surface area contributed by atoms with Crippen LogP contribution in [-0.4, -0.2) is 25.3 Å². The molecule has 3 aliphatic rings.